The van der Waals surface area contributed by atoms with Gasteiger partial charge in [0.25, 0.3) is 0 Å². The van der Waals surface area contributed by atoms with Crippen molar-refractivity contribution in [2.45, 2.75) is 13.5 Å². The van der Waals surface area contributed by atoms with Crippen molar-refractivity contribution in [2.75, 3.05) is 62.5 Å². The summed E-state index contributed by atoms with van der Waals surface area (Å²) in [4.78, 5) is 17.0. The smallest absolute Gasteiger partial charge is 0.164 e. The van der Waals surface area contributed by atoms with Crippen molar-refractivity contribution < 1.29 is 9.47 Å². The molecule has 9 heteroatoms. The Kier molecular flexibility index (Phi) is 5.35. The van der Waals surface area contributed by atoms with Crippen LogP contribution in [0.25, 0.3) is 11.2 Å². The number of anilines is 2. The fraction of sp³-hybridized carbons (Fsp3) is 0.458. The number of nitrogens with zero attached hydrogens (tertiary/aromatic N) is 6. The van der Waals surface area contributed by atoms with Crippen LogP contribution in [-0.4, -0.2) is 73.0 Å². The Morgan fingerprint density at radius 3 is 2.76 bits per heavy atom. The molecule has 0 amide bonds. The van der Waals surface area contributed by atoms with E-state index in [0.717, 1.165) is 86.7 Å². The summed E-state index contributed by atoms with van der Waals surface area (Å²) in [5.74, 6) is 2.28. The fourth-order valence-electron chi connectivity index (χ4n) is 4.59. The summed E-state index contributed by atoms with van der Waals surface area (Å²) in [5.41, 5.74) is 8.80. The highest BCUT2D eigenvalue weighted by molar-refractivity contribution is 6.00. The minimum Gasteiger partial charge on any atom is -0.381 e. The number of rotatable bonds is 5. The molecule has 9 nitrogen and oxygen atoms in total. The van der Waals surface area contributed by atoms with Crippen LogP contribution >= 0.6 is 0 Å². The molecule has 3 aliphatic heterocycles. The van der Waals surface area contributed by atoms with Crippen molar-refractivity contribution >= 4 is 28.5 Å². The molecule has 0 saturated carbocycles. The molecule has 1 aromatic carbocycles. The van der Waals surface area contributed by atoms with Crippen molar-refractivity contribution in [1.82, 2.24) is 20.0 Å². The van der Waals surface area contributed by atoms with E-state index in [0.29, 0.717) is 12.5 Å². The van der Waals surface area contributed by atoms with Gasteiger partial charge in [-0.05, 0) is 13.0 Å². The van der Waals surface area contributed by atoms with Crippen LogP contribution in [0.1, 0.15) is 11.1 Å². The van der Waals surface area contributed by atoms with Crippen molar-refractivity contribution in [1.29, 1.82) is 0 Å². The lowest BCUT2D eigenvalue weighted by Gasteiger charge is -2.32. The number of ether oxygens (including phenoxy) is 2. The minimum atomic E-state index is 0.521. The molecule has 0 atom stereocenters. The number of aromatic nitrogens is 3. The molecule has 0 spiro atoms. The number of hydrogen-bond acceptors (Lipinski definition) is 8. The SMILES string of the molecule is Cc1cccc(C2=NCCN(c3cc(N4CCOCC4)c4ncn(CC5COC5)c4n3)N2)c1. The molecular formula is C24H29N7O2. The number of pyridine rings is 1. The first-order valence-corrected chi connectivity index (χ1v) is 11.7. The number of benzene rings is 1. The molecule has 0 unspecified atom stereocenters. The Bertz CT molecular complexity index is 1180. The molecular weight excluding hydrogens is 418 g/mol. The third-order valence-corrected chi connectivity index (χ3v) is 6.46. The third kappa shape index (κ3) is 4.02. The molecule has 6 rings (SSSR count). The van der Waals surface area contributed by atoms with Gasteiger partial charge in [0.05, 0.1) is 51.5 Å². The van der Waals surface area contributed by atoms with Gasteiger partial charge in [0.1, 0.15) is 11.4 Å². The number of morpholine rings is 1. The van der Waals surface area contributed by atoms with E-state index < -0.39 is 0 Å². The number of amidine groups is 1. The second-order valence-electron chi connectivity index (χ2n) is 8.93. The largest absolute Gasteiger partial charge is 0.381 e. The first-order chi connectivity index (χ1) is 16.2. The van der Waals surface area contributed by atoms with Gasteiger partial charge in [0.15, 0.2) is 11.5 Å². The van der Waals surface area contributed by atoms with Crippen LogP contribution in [0, 0.1) is 12.8 Å². The van der Waals surface area contributed by atoms with Gasteiger partial charge < -0.3 is 18.9 Å². The number of hydrogen-bond donors (Lipinski definition) is 1. The zero-order valence-electron chi connectivity index (χ0n) is 18.9. The number of nitrogens with one attached hydrogen (secondary N) is 1. The van der Waals surface area contributed by atoms with E-state index in [1.807, 2.05) is 6.33 Å². The number of aryl methyl sites for hydroxylation is 1. The van der Waals surface area contributed by atoms with Gasteiger partial charge in [-0.1, -0.05) is 23.8 Å². The predicted octanol–water partition coefficient (Wildman–Crippen LogP) is 1.99. The molecule has 5 heterocycles. The van der Waals surface area contributed by atoms with E-state index in [-0.39, 0.29) is 0 Å². The highest BCUT2D eigenvalue weighted by Crippen LogP contribution is 2.31. The van der Waals surface area contributed by atoms with Crippen molar-refractivity contribution in [3.05, 3.63) is 47.8 Å². The van der Waals surface area contributed by atoms with Crippen LogP contribution in [0.5, 0.6) is 0 Å². The van der Waals surface area contributed by atoms with Crippen LogP contribution in [-0.2, 0) is 16.0 Å². The van der Waals surface area contributed by atoms with Gasteiger partial charge in [-0.25, -0.2) is 9.97 Å². The second kappa shape index (κ2) is 8.64. The van der Waals surface area contributed by atoms with Gasteiger partial charge in [0, 0.05) is 37.2 Å². The molecule has 2 fully saturated rings. The van der Waals surface area contributed by atoms with Crippen LogP contribution in [0.4, 0.5) is 11.5 Å². The summed E-state index contributed by atoms with van der Waals surface area (Å²) in [6, 6.07) is 10.6. The lowest BCUT2D eigenvalue weighted by molar-refractivity contribution is -0.0390. The number of aliphatic imine (C=N–C) groups is 1. The topological polar surface area (TPSA) is 80.0 Å². The standard InChI is InChI=1S/C24H29N7O2/c1-17-3-2-4-19(11-17)23-25-5-6-31(28-23)21-12-20(29-7-9-32-10-8-29)22-24(27-21)30(16-26-22)13-18-14-33-15-18/h2-4,11-12,16,18H,5-10,13-15H2,1H3,(H,25,28). The molecule has 2 saturated heterocycles. The Balaban J connectivity index is 1.37. The van der Waals surface area contributed by atoms with Gasteiger partial charge >= 0.3 is 0 Å². The summed E-state index contributed by atoms with van der Waals surface area (Å²) < 4.78 is 13.2. The van der Waals surface area contributed by atoms with Crippen LogP contribution < -0.4 is 15.3 Å². The average Bonchev–Trinajstić information content (AvgIpc) is 3.24. The van der Waals surface area contributed by atoms with E-state index >= 15 is 0 Å². The maximum atomic E-state index is 5.60. The second-order valence-corrected chi connectivity index (χ2v) is 8.93. The lowest BCUT2D eigenvalue weighted by atomic mass is 10.1. The van der Waals surface area contributed by atoms with Gasteiger partial charge in [-0.15, -0.1) is 0 Å². The summed E-state index contributed by atoms with van der Waals surface area (Å²) in [5, 5.41) is 2.11. The molecule has 2 aromatic heterocycles. The molecule has 0 bridgehead atoms. The molecule has 33 heavy (non-hydrogen) atoms. The predicted molar refractivity (Wildman–Crippen MR) is 128 cm³/mol. The number of fused-ring (bicyclic) bond motifs is 1. The minimum absolute atomic E-state index is 0.521. The van der Waals surface area contributed by atoms with E-state index in [1.165, 1.54) is 5.56 Å². The van der Waals surface area contributed by atoms with Crippen molar-refractivity contribution in [2.24, 2.45) is 10.9 Å². The summed E-state index contributed by atoms with van der Waals surface area (Å²) >= 11 is 0. The average molecular weight is 448 g/mol. The van der Waals surface area contributed by atoms with Crippen LogP contribution in [0.2, 0.25) is 0 Å². The van der Waals surface area contributed by atoms with E-state index in [4.69, 9.17) is 24.4 Å². The van der Waals surface area contributed by atoms with Crippen LogP contribution in [0.3, 0.4) is 0 Å². The summed E-state index contributed by atoms with van der Waals surface area (Å²) in [6.07, 6.45) is 1.92. The molecule has 3 aliphatic rings. The van der Waals surface area contributed by atoms with E-state index in [1.54, 1.807) is 0 Å². The zero-order chi connectivity index (χ0) is 22.2. The molecule has 3 aromatic rings. The Labute approximate surface area is 193 Å². The van der Waals surface area contributed by atoms with Crippen LogP contribution in [0.15, 0.2) is 41.7 Å². The van der Waals surface area contributed by atoms with Gasteiger partial charge in [0.2, 0.25) is 0 Å². The van der Waals surface area contributed by atoms with Gasteiger partial charge in [-0.2, -0.15) is 0 Å². The van der Waals surface area contributed by atoms with Crippen molar-refractivity contribution in [3.63, 3.8) is 0 Å². The van der Waals surface area contributed by atoms with E-state index in [2.05, 4.69) is 57.2 Å². The fourth-order valence-corrected chi connectivity index (χ4v) is 4.59. The summed E-state index contributed by atoms with van der Waals surface area (Å²) in [7, 11) is 0. The van der Waals surface area contributed by atoms with E-state index in [9.17, 15) is 0 Å². The normalized spacial score (nSPS) is 19.4. The first kappa shape index (κ1) is 20.4. The lowest BCUT2D eigenvalue weighted by Crippen LogP contribution is -2.48. The maximum absolute atomic E-state index is 5.60. The Hall–Kier alpha value is -3.17. The monoisotopic (exact) mass is 447 g/mol. The van der Waals surface area contributed by atoms with Gasteiger partial charge in [-0.3, -0.25) is 15.4 Å². The highest BCUT2D eigenvalue weighted by Gasteiger charge is 2.25. The quantitative estimate of drug-likeness (QED) is 0.641. The Morgan fingerprint density at radius 2 is 1.97 bits per heavy atom. The van der Waals surface area contributed by atoms with Crippen molar-refractivity contribution in [3.8, 4) is 0 Å². The molecule has 1 N–H and O–H groups in total. The first-order valence-electron chi connectivity index (χ1n) is 11.7. The molecule has 0 aliphatic carbocycles. The number of hydrazine groups is 1. The highest BCUT2D eigenvalue weighted by atomic mass is 16.5. The molecule has 172 valence electrons. The Morgan fingerprint density at radius 1 is 1.09 bits per heavy atom. The number of imidazole rings is 1. The molecule has 0 radical (unpaired) electrons. The zero-order valence-corrected chi connectivity index (χ0v) is 18.9. The third-order valence-electron chi connectivity index (χ3n) is 6.46. The maximum Gasteiger partial charge on any atom is 0.164 e. The summed E-state index contributed by atoms with van der Waals surface area (Å²) in [6.45, 7) is 9.21.